The molecule has 1 fully saturated rings. The first-order valence-electron chi connectivity index (χ1n) is 6.51. The first kappa shape index (κ1) is 13.9. The molecule has 0 aliphatic carbocycles. The molecule has 0 radical (unpaired) electrons. The molecule has 0 unspecified atom stereocenters. The third-order valence-electron chi connectivity index (χ3n) is 3.55. The monoisotopic (exact) mass is 359 g/mol. The van der Waals surface area contributed by atoms with Crippen molar-refractivity contribution >= 4 is 34.0 Å². The van der Waals surface area contributed by atoms with Gasteiger partial charge in [-0.15, -0.1) is 0 Å². The van der Waals surface area contributed by atoms with E-state index in [1.807, 2.05) is 6.07 Å². The Kier molecular flexibility index (Phi) is 4.72. The molecule has 4 heteroatoms. The van der Waals surface area contributed by atoms with Crippen LogP contribution in [0.1, 0.15) is 12.8 Å². The Morgan fingerprint density at radius 3 is 2.56 bits per heavy atom. The molecule has 0 spiro atoms. The van der Waals surface area contributed by atoms with Crippen LogP contribution in [0, 0.1) is 9.49 Å². The lowest BCUT2D eigenvalue weighted by molar-refractivity contribution is 0.285. The number of benzene rings is 1. The van der Waals surface area contributed by atoms with Gasteiger partial charge in [-0.2, -0.15) is 0 Å². The van der Waals surface area contributed by atoms with Gasteiger partial charge >= 0.3 is 0 Å². The highest BCUT2D eigenvalue weighted by Gasteiger charge is 2.20. The minimum absolute atomic E-state index is 0.850. The molecule has 0 atom stereocenters. The van der Waals surface area contributed by atoms with E-state index in [9.17, 15) is 0 Å². The maximum atomic E-state index is 5.81. The number of hydrogen-bond donors (Lipinski definition) is 1. The van der Waals surface area contributed by atoms with Crippen molar-refractivity contribution in [3.8, 4) is 0 Å². The maximum Gasteiger partial charge on any atom is 0.0503 e. The average Bonchev–Trinajstić information content (AvgIpc) is 2.30. The molecule has 1 heterocycles. The fourth-order valence-corrected chi connectivity index (χ4v) is 3.53. The minimum Gasteiger partial charge on any atom is -0.399 e. The molecule has 100 valence electrons. The van der Waals surface area contributed by atoms with Crippen LogP contribution in [0.25, 0.3) is 0 Å². The number of anilines is 2. The minimum atomic E-state index is 0.850. The molecule has 1 aliphatic rings. The Labute approximate surface area is 123 Å². The van der Waals surface area contributed by atoms with Crippen molar-refractivity contribution in [2.75, 3.05) is 44.4 Å². The Hall–Kier alpha value is -0.490. The Morgan fingerprint density at radius 1 is 1.33 bits per heavy atom. The predicted molar refractivity (Wildman–Crippen MR) is 87.1 cm³/mol. The second-order valence-corrected chi connectivity index (χ2v) is 6.57. The van der Waals surface area contributed by atoms with Crippen LogP contribution >= 0.6 is 22.6 Å². The van der Waals surface area contributed by atoms with Crippen molar-refractivity contribution in [3.05, 3.63) is 21.8 Å². The summed E-state index contributed by atoms with van der Waals surface area (Å²) in [5.41, 5.74) is 8.00. The number of piperidine rings is 1. The van der Waals surface area contributed by atoms with Crippen LogP contribution < -0.4 is 10.6 Å². The Morgan fingerprint density at radius 2 is 2.00 bits per heavy atom. The zero-order valence-electron chi connectivity index (χ0n) is 11.2. The van der Waals surface area contributed by atoms with Crippen LogP contribution in [0.3, 0.4) is 0 Å². The summed E-state index contributed by atoms with van der Waals surface area (Å²) in [6, 6.07) is 6.22. The first-order chi connectivity index (χ1) is 8.56. The van der Waals surface area contributed by atoms with Crippen LogP contribution in [0.4, 0.5) is 11.4 Å². The predicted octanol–water partition coefficient (Wildman–Crippen LogP) is 2.65. The fourth-order valence-electron chi connectivity index (χ4n) is 2.65. The summed E-state index contributed by atoms with van der Waals surface area (Å²) in [5.74, 6) is 0.850. The van der Waals surface area contributed by atoms with Gasteiger partial charge in [-0.1, -0.05) is 0 Å². The Bertz CT molecular complexity index is 398. The number of nitrogen functional groups attached to an aromatic ring is 1. The van der Waals surface area contributed by atoms with Crippen molar-refractivity contribution < 1.29 is 0 Å². The largest absolute Gasteiger partial charge is 0.399 e. The lowest BCUT2D eigenvalue weighted by Gasteiger charge is -2.35. The molecule has 18 heavy (non-hydrogen) atoms. The summed E-state index contributed by atoms with van der Waals surface area (Å²) >= 11 is 2.38. The molecular weight excluding hydrogens is 337 g/mol. The number of halogens is 1. The van der Waals surface area contributed by atoms with Gasteiger partial charge in [0.2, 0.25) is 0 Å². The number of hydrogen-bond acceptors (Lipinski definition) is 3. The standard InChI is InChI=1S/C14H22IN3/c1-17(2)10-11-5-7-18(8-6-11)14-4-3-12(16)9-13(14)15/h3-4,9,11H,5-8,10,16H2,1-2H3. The van der Waals surface area contributed by atoms with E-state index in [2.05, 4.69) is 58.6 Å². The molecule has 2 N–H and O–H groups in total. The van der Waals surface area contributed by atoms with Gasteiger partial charge in [-0.25, -0.2) is 0 Å². The third kappa shape index (κ3) is 3.51. The van der Waals surface area contributed by atoms with Gasteiger partial charge in [-0.3, -0.25) is 0 Å². The highest BCUT2D eigenvalue weighted by atomic mass is 127. The lowest BCUT2D eigenvalue weighted by Crippen LogP contribution is -2.37. The van der Waals surface area contributed by atoms with E-state index in [1.165, 1.54) is 41.7 Å². The van der Waals surface area contributed by atoms with Crippen molar-refractivity contribution in [2.45, 2.75) is 12.8 Å². The molecule has 1 saturated heterocycles. The second kappa shape index (κ2) is 6.10. The fraction of sp³-hybridized carbons (Fsp3) is 0.571. The highest BCUT2D eigenvalue weighted by molar-refractivity contribution is 14.1. The summed E-state index contributed by atoms with van der Waals surface area (Å²) in [6.07, 6.45) is 2.58. The number of rotatable bonds is 3. The van der Waals surface area contributed by atoms with E-state index >= 15 is 0 Å². The van der Waals surface area contributed by atoms with Crippen molar-refractivity contribution in [1.82, 2.24) is 4.90 Å². The smallest absolute Gasteiger partial charge is 0.0503 e. The van der Waals surface area contributed by atoms with Crippen LogP contribution in [-0.2, 0) is 0 Å². The van der Waals surface area contributed by atoms with Gasteiger partial charge in [0.1, 0.15) is 0 Å². The summed E-state index contributed by atoms with van der Waals surface area (Å²) < 4.78 is 1.26. The molecular formula is C14H22IN3. The van der Waals surface area contributed by atoms with Crippen LogP contribution in [0.2, 0.25) is 0 Å². The third-order valence-corrected chi connectivity index (χ3v) is 4.41. The van der Waals surface area contributed by atoms with Gasteiger partial charge in [0, 0.05) is 28.9 Å². The lowest BCUT2D eigenvalue weighted by atomic mass is 9.96. The molecule has 0 aromatic heterocycles. The van der Waals surface area contributed by atoms with Gasteiger partial charge in [-0.05, 0) is 73.6 Å². The molecule has 1 aromatic rings. The van der Waals surface area contributed by atoms with Gasteiger partial charge in [0.05, 0.1) is 5.69 Å². The van der Waals surface area contributed by atoms with E-state index in [-0.39, 0.29) is 0 Å². The average molecular weight is 359 g/mol. The van der Waals surface area contributed by atoms with Crippen LogP contribution in [0.5, 0.6) is 0 Å². The first-order valence-corrected chi connectivity index (χ1v) is 7.59. The molecule has 0 amide bonds. The molecule has 0 saturated carbocycles. The number of nitrogens with zero attached hydrogens (tertiary/aromatic N) is 2. The van der Waals surface area contributed by atoms with Crippen molar-refractivity contribution in [1.29, 1.82) is 0 Å². The van der Waals surface area contributed by atoms with Crippen molar-refractivity contribution in [3.63, 3.8) is 0 Å². The van der Waals surface area contributed by atoms with Crippen molar-refractivity contribution in [2.24, 2.45) is 5.92 Å². The molecule has 0 bridgehead atoms. The van der Waals surface area contributed by atoms with E-state index in [0.717, 1.165) is 11.6 Å². The van der Waals surface area contributed by atoms with E-state index < -0.39 is 0 Å². The SMILES string of the molecule is CN(C)CC1CCN(c2ccc(N)cc2I)CC1. The second-order valence-electron chi connectivity index (χ2n) is 5.40. The summed E-state index contributed by atoms with van der Waals surface area (Å²) in [6.45, 7) is 3.55. The van der Waals surface area contributed by atoms with Gasteiger partial charge in [0.25, 0.3) is 0 Å². The number of nitrogens with two attached hydrogens (primary N) is 1. The summed E-state index contributed by atoms with van der Waals surface area (Å²) in [7, 11) is 4.32. The van der Waals surface area contributed by atoms with Gasteiger partial charge < -0.3 is 15.5 Å². The maximum absolute atomic E-state index is 5.81. The van der Waals surface area contributed by atoms with E-state index in [4.69, 9.17) is 5.73 Å². The molecule has 1 aliphatic heterocycles. The molecule has 1 aromatic carbocycles. The van der Waals surface area contributed by atoms with Crippen LogP contribution in [-0.4, -0.2) is 38.6 Å². The Balaban J connectivity index is 1.97. The summed E-state index contributed by atoms with van der Waals surface area (Å²) in [5, 5.41) is 0. The van der Waals surface area contributed by atoms with E-state index in [0.29, 0.717) is 0 Å². The summed E-state index contributed by atoms with van der Waals surface area (Å²) in [4.78, 5) is 4.79. The molecule has 2 rings (SSSR count). The zero-order chi connectivity index (χ0) is 13.1. The normalized spacial score (nSPS) is 17.4. The topological polar surface area (TPSA) is 32.5 Å². The van der Waals surface area contributed by atoms with Gasteiger partial charge in [0.15, 0.2) is 0 Å². The quantitative estimate of drug-likeness (QED) is 0.665. The molecule has 3 nitrogen and oxygen atoms in total. The van der Waals surface area contributed by atoms with Crippen LogP contribution in [0.15, 0.2) is 18.2 Å². The zero-order valence-corrected chi connectivity index (χ0v) is 13.4. The highest BCUT2D eigenvalue weighted by Crippen LogP contribution is 2.28. The van der Waals surface area contributed by atoms with E-state index in [1.54, 1.807) is 0 Å².